The second-order valence-electron chi connectivity index (χ2n) is 6.83. The lowest BCUT2D eigenvalue weighted by atomic mass is 10.3. The van der Waals surface area contributed by atoms with Crippen molar-refractivity contribution in [1.29, 1.82) is 0 Å². The first kappa shape index (κ1) is 21.3. The van der Waals surface area contributed by atoms with Crippen LogP contribution in [0.5, 0.6) is 5.75 Å². The van der Waals surface area contributed by atoms with Gasteiger partial charge in [0.05, 0.1) is 15.9 Å². The van der Waals surface area contributed by atoms with Crippen LogP contribution in [0.4, 0.5) is 10.5 Å². The molecule has 0 saturated carbocycles. The fourth-order valence-corrected chi connectivity index (χ4v) is 3.94. The topological polar surface area (TPSA) is 97.4 Å². The van der Waals surface area contributed by atoms with Gasteiger partial charge in [-0.1, -0.05) is 6.07 Å². The van der Waals surface area contributed by atoms with Crippen LogP contribution < -0.4 is 15.4 Å². The molecular formula is C22H23N3O4S. The Hall–Kier alpha value is -3.39. The van der Waals surface area contributed by atoms with Crippen LogP contribution in [0, 0.1) is 0 Å². The van der Waals surface area contributed by atoms with E-state index in [0.717, 1.165) is 5.56 Å². The van der Waals surface area contributed by atoms with Gasteiger partial charge in [0, 0.05) is 24.6 Å². The Kier molecular flexibility index (Phi) is 6.68. The van der Waals surface area contributed by atoms with Crippen molar-refractivity contribution in [3.63, 3.8) is 0 Å². The van der Waals surface area contributed by atoms with Crippen molar-refractivity contribution in [3.8, 4) is 5.75 Å². The molecule has 7 nitrogen and oxygen atoms in total. The molecule has 0 unspecified atom stereocenters. The molecule has 0 radical (unpaired) electrons. The van der Waals surface area contributed by atoms with Gasteiger partial charge in [-0.3, -0.25) is 4.98 Å². The van der Waals surface area contributed by atoms with Gasteiger partial charge in [0.25, 0.3) is 0 Å². The number of pyridine rings is 1. The van der Waals surface area contributed by atoms with E-state index in [1.54, 1.807) is 42.7 Å². The summed E-state index contributed by atoms with van der Waals surface area (Å²) in [5.41, 5.74) is 1.36. The molecule has 3 rings (SSSR count). The standard InChI is InChI=1S/C22H23N3O4S/c1-16(2)29-19-7-11-21(12-8-19)30(27,28)20-9-5-18(6-10-20)25-22(26)24-15-17-4-3-13-23-14-17/h3-14,16H,15H2,1-2H3,(H2,24,25,26). The molecule has 0 aliphatic carbocycles. The highest BCUT2D eigenvalue weighted by atomic mass is 32.2. The van der Waals surface area contributed by atoms with E-state index in [2.05, 4.69) is 15.6 Å². The molecular weight excluding hydrogens is 402 g/mol. The van der Waals surface area contributed by atoms with E-state index >= 15 is 0 Å². The fraction of sp³-hybridized carbons (Fsp3) is 0.182. The van der Waals surface area contributed by atoms with Crippen LogP contribution in [0.15, 0.2) is 82.8 Å². The number of sulfone groups is 1. The van der Waals surface area contributed by atoms with Gasteiger partial charge in [0.1, 0.15) is 5.75 Å². The monoisotopic (exact) mass is 425 g/mol. The van der Waals surface area contributed by atoms with Gasteiger partial charge in [-0.25, -0.2) is 13.2 Å². The molecule has 3 aromatic rings. The first-order valence-corrected chi connectivity index (χ1v) is 10.9. The Balaban J connectivity index is 1.63. The van der Waals surface area contributed by atoms with E-state index in [4.69, 9.17) is 4.74 Å². The summed E-state index contributed by atoms with van der Waals surface area (Å²) in [6.07, 6.45) is 3.34. The lowest BCUT2D eigenvalue weighted by molar-refractivity contribution is 0.242. The number of hydrogen-bond acceptors (Lipinski definition) is 5. The van der Waals surface area contributed by atoms with Crippen molar-refractivity contribution in [2.75, 3.05) is 5.32 Å². The second kappa shape index (κ2) is 9.41. The number of nitrogens with zero attached hydrogens (tertiary/aromatic N) is 1. The predicted molar refractivity (Wildman–Crippen MR) is 114 cm³/mol. The molecule has 0 atom stereocenters. The highest BCUT2D eigenvalue weighted by molar-refractivity contribution is 7.91. The van der Waals surface area contributed by atoms with Crippen LogP contribution in [0.3, 0.4) is 0 Å². The molecule has 0 saturated heterocycles. The van der Waals surface area contributed by atoms with Gasteiger partial charge in [-0.05, 0) is 74.0 Å². The zero-order valence-electron chi connectivity index (χ0n) is 16.7. The predicted octanol–water partition coefficient (Wildman–Crippen LogP) is 4.02. The maximum absolute atomic E-state index is 12.8. The van der Waals surface area contributed by atoms with Crippen molar-refractivity contribution in [3.05, 3.63) is 78.6 Å². The number of benzene rings is 2. The van der Waals surface area contributed by atoms with Crippen molar-refractivity contribution in [2.45, 2.75) is 36.3 Å². The smallest absolute Gasteiger partial charge is 0.319 e. The van der Waals surface area contributed by atoms with E-state index in [9.17, 15) is 13.2 Å². The van der Waals surface area contributed by atoms with E-state index < -0.39 is 15.9 Å². The molecule has 2 N–H and O–H groups in total. The lowest BCUT2D eigenvalue weighted by Crippen LogP contribution is -2.28. The van der Waals surface area contributed by atoms with Gasteiger partial charge >= 0.3 is 6.03 Å². The molecule has 2 aromatic carbocycles. The number of nitrogens with one attached hydrogen (secondary N) is 2. The summed E-state index contributed by atoms with van der Waals surface area (Å²) in [6.45, 7) is 4.14. The fourth-order valence-electron chi connectivity index (χ4n) is 2.68. The maximum atomic E-state index is 12.8. The lowest BCUT2D eigenvalue weighted by Gasteiger charge is -2.11. The van der Waals surface area contributed by atoms with Crippen LogP contribution in [0.25, 0.3) is 0 Å². The van der Waals surface area contributed by atoms with Gasteiger partial charge in [-0.15, -0.1) is 0 Å². The molecule has 0 spiro atoms. The summed E-state index contributed by atoms with van der Waals surface area (Å²) in [5, 5.41) is 5.39. The molecule has 1 aromatic heterocycles. The van der Waals surface area contributed by atoms with Crippen molar-refractivity contribution in [1.82, 2.24) is 10.3 Å². The normalized spacial score (nSPS) is 11.2. The summed E-state index contributed by atoms with van der Waals surface area (Å²) in [6, 6.07) is 15.6. The summed E-state index contributed by atoms with van der Waals surface area (Å²) in [5.74, 6) is 0.612. The highest BCUT2D eigenvalue weighted by Gasteiger charge is 2.18. The van der Waals surface area contributed by atoms with E-state index in [0.29, 0.717) is 18.0 Å². The number of carbonyl (C=O) groups is 1. The van der Waals surface area contributed by atoms with Gasteiger partial charge in [0.2, 0.25) is 9.84 Å². The summed E-state index contributed by atoms with van der Waals surface area (Å²) < 4.78 is 31.2. The first-order valence-electron chi connectivity index (χ1n) is 9.40. The van der Waals surface area contributed by atoms with E-state index in [1.165, 1.54) is 24.3 Å². The van der Waals surface area contributed by atoms with Crippen LogP contribution in [-0.4, -0.2) is 25.5 Å². The van der Waals surface area contributed by atoms with Gasteiger partial charge in [-0.2, -0.15) is 0 Å². The SMILES string of the molecule is CC(C)Oc1ccc(S(=O)(=O)c2ccc(NC(=O)NCc3cccnc3)cc2)cc1. The van der Waals surface area contributed by atoms with Gasteiger partial charge < -0.3 is 15.4 Å². The Morgan fingerprint density at radius 3 is 2.20 bits per heavy atom. The molecule has 1 heterocycles. The zero-order valence-corrected chi connectivity index (χ0v) is 17.5. The maximum Gasteiger partial charge on any atom is 0.319 e. The molecule has 30 heavy (non-hydrogen) atoms. The molecule has 0 aliphatic heterocycles. The minimum absolute atomic E-state index is 0.00839. The van der Waals surface area contributed by atoms with Crippen LogP contribution >= 0.6 is 0 Å². The Morgan fingerprint density at radius 1 is 1.00 bits per heavy atom. The quantitative estimate of drug-likeness (QED) is 0.596. The Bertz CT molecular complexity index is 1080. The average molecular weight is 426 g/mol. The first-order chi connectivity index (χ1) is 14.3. The minimum atomic E-state index is -3.67. The van der Waals surface area contributed by atoms with Crippen LogP contribution in [0.2, 0.25) is 0 Å². The molecule has 0 fully saturated rings. The number of aromatic nitrogens is 1. The highest BCUT2D eigenvalue weighted by Crippen LogP contribution is 2.24. The number of anilines is 1. The zero-order chi connectivity index (χ0) is 21.6. The number of ether oxygens (including phenoxy) is 1. The number of rotatable bonds is 7. The third-order valence-corrected chi connectivity index (χ3v) is 5.89. The summed E-state index contributed by atoms with van der Waals surface area (Å²) >= 11 is 0. The third-order valence-electron chi connectivity index (χ3n) is 4.10. The number of urea groups is 1. The molecule has 8 heteroatoms. The number of carbonyl (C=O) groups excluding carboxylic acids is 1. The average Bonchev–Trinajstić information content (AvgIpc) is 2.73. The van der Waals surface area contributed by atoms with Crippen molar-refractivity contribution in [2.24, 2.45) is 0 Å². The van der Waals surface area contributed by atoms with Crippen LogP contribution in [0.1, 0.15) is 19.4 Å². The second-order valence-corrected chi connectivity index (χ2v) is 8.78. The van der Waals surface area contributed by atoms with E-state index in [1.807, 2.05) is 19.9 Å². The molecule has 0 bridgehead atoms. The molecule has 2 amide bonds. The Labute approximate surface area is 176 Å². The minimum Gasteiger partial charge on any atom is -0.491 e. The summed E-state index contributed by atoms with van der Waals surface area (Å²) in [7, 11) is -3.67. The Morgan fingerprint density at radius 2 is 1.63 bits per heavy atom. The van der Waals surface area contributed by atoms with E-state index in [-0.39, 0.29) is 15.9 Å². The number of hydrogen-bond donors (Lipinski definition) is 2. The van der Waals surface area contributed by atoms with Crippen LogP contribution in [-0.2, 0) is 16.4 Å². The van der Waals surface area contributed by atoms with Crippen molar-refractivity contribution < 1.29 is 17.9 Å². The largest absolute Gasteiger partial charge is 0.491 e. The van der Waals surface area contributed by atoms with Crippen molar-refractivity contribution >= 4 is 21.6 Å². The number of amides is 2. The molecule has 156 valence electrons. The summed E-state index contributed by atoms with van der Waals surface area (Å²) in [4.78, 5) is 16.3. The molecule has 0 aliphatic rings. The van der Waals surface area contributed by atoms with Gasteiger partial charge in [0.15, 0.2) is 0 Å². The third kappa shape index (κ3) is 5.57.